The lowest BCUT2D eigenvalue weighted by atomic mass is 9.85. The van der Waals surface area contributed by atoms with E-state index in [1.807, 2.05) is 27.7 Å². The molecule has 0 spiro atoms. The zero-order valence-electron chi connectivity index (χ0n) is 16.0. The molecule has 3 rings (SSSR count). The van der Waals surface area contributed by atoms with E-state index in [2.05, 4.69) is 41.4 Å². The molecule has 2 N–H and O–H groups in total. The van der Waals surface area contributed by atoms with Crippen LogP contribution >= 0.6 is 0 Å². The summed E-state index contributed by atoms with van der Waals surface area (Å²) in [6, 6.07) is 15.7. The molecule has 0 amide bonds. The molecule has 0 radical (unpaired) electrons. The van der Waals surface area contributed by atoms with Crippen molar-refractivity contribution in [2.45, 2.75) is 33.6 Å². The van der Waals surface area contributed by atoms with Gasteiger partial charge in [0, 0.05) is 11.6 Å². The molecule has 1 aromatic heterocycles. The molecule has 0 aliphatic carbocycles. The molecule has 3 aromatic rings. The van der Waals surface area contributed by atoms with E-state index in [9.17, 15) is 9.59 Å². The van der Waals surface area contributed by atoms with Crippen molar-refractivity contribution in [1.29, 1.82) is 0 Å². The molecular formula is C23H23NO3. The van der Waals surface area contributed by atoms with Crippen molar-refractivity contribution in [3.8, 4) is 0 Å². The minimum absolute atomic E-state index is 0.183. The minimum atomic E-state index is -1.22. The minimum Gasteiger partial charge on any atom is -0.477 e. The summed E-state index contributed by atoms with van der Waals surface area (Å²) >= 11 is 0. The smallest absolute Gasteiger partial charge is 0.341 e. The first-order valence-electron chi connectivity index (χ1n) is 8.87. The first kappa shape index (κ1) is 18.6. The molecule has 0 atom stereocenters. The van der Waals surface area contributed by atoms with E-state index in [0.29, 0.717) is 5.69 Å². The molecule has 0 bridgehead atoms. The molecule has 0 saturated heterocycles. The Labute approximate surface area is 158 Å². The Kier molecular flexibility index (Phi) is 5.00. The lowest BCUT2D eigenvalue weighted by Crippen LogP contribution is -2.20. The maximum Gasteiger partial charge on any atom is 0.341 e. The molecule has 4 nitrogen and oxygen atoms in total. The quantitative estimate of drug-likeness (QED) is 0.719. The Bertz CT molecular complexity index is 987. The summed E-state index contributed by atoms with van der Waals surface area (Å²) in [7, 11) is 0. The summed E-state index contributed by atoms with van der Waals surface area (Å²) in [5.74, 6) is -1.41. The zero-order valence-corrected chi connectivity index (χ0v) is 16.0. The van der Waals surface area contributed by atoms with Crippen molar-refractivity contribution in [3.63, 3.8) is 0 Å². The Morgan fingerprint density at radius 1 is 0.815 bits per heavy atom. The highest BCUT2D eigenvalue weighted by molar-refractivity contribution is 5.87. The van der Waals surface area contributed by atoms with Crippen molar-refractivity contribution in [1.82, 2.24) is 4.98 Å². The summed E-state index contributed by atoms with van der Waals surface area (Å²) in [6.07, 6.45) is 0. The van der Waals surface area contributed by atoms with Crippen LogP contribution in [-0.2, 0) is 0 Å². The second-order valence-electron chi connectivity index (χ2n) is 7.24. The number of pyridine rings is 1. The normalized spacial score (nSPS) is 11.0. The van der Waals surface area contributed by atoms with Gasteiger partial charge in [0.15, 0.2) is 0 Å². The molecular weight excluding hydrogens is 338 g/mol. The van der Waals surface area contributed by atoms with Gasteiger partial charge in [-0.1, -0.05) is 58.7 Å². The van der Waals surface area contributed by atoms with Gasteiger partial charge in [-0.2, -0.15) is 0 Å². The second-order valence-corrected chi connectivity index (χ2v) is 7.24. The van der Waals surface area contributed by atoms with Crippen molar-refractivity contribution in [2.75, 3.05) is 0 Å². The molecule has 0 aliphatic heterocycles. The van der Waals surface area contributed by atoms with Crippen LogP contribution in [-0.4, -0.2) is 16.1 Å². The third kappa shape index (κ3) is 4.00. The number of carbonyl (C=O) groups is 1. The van der Waals surface area contributed by atoms with Crippen LogP contribution in [0.25, 0.3) is 0 Å². The summed E-state index contributed by atoms with van der Waals surface area (Å²) < 4.78 is 0. The molecule has 0 unspecified atom stereocenters. The molecule has 1 heterocycles. The average Bonchev–Trinajstić information content (AvgIpc) is 2.53. The van der Waals surface area contributed by atoms with Crippen molar-refractivity contribution in [3.05, 3.63) is 104 Å². The van der Waals surface area contributed by atoms with Gasteiger partial charge in [0.1, 0.15) is 5.56 Å². The fraction of sp³-hybridized carbons (Fsp3) is 0.217. The maximum atomic E-state index is 12.3. The number of nitrogens with one attached hydrogen (secondary N) is 1. The van der Waals surface area contributed by atoms with Gasteiger partial charge in [0.25, 0.3) is 5.56 Å². The lowest BCUT2D eigenvalue weighted by molar-refractivity contribution is 0.0695. The molecule has 138 valence electrons. The predicted octanol–water partition coefficient (Wildman–Crippen LogP) is 4.49. The van der Waals surface area contributed by atoms with Gasteiger partial charge in [0.05, 0.1) is 0 Å². The highest BCUT2D eigenvalue weighted by Crippen LogP contribution is 2.32. The number of hydrogen-bond donors (Lipinski definition) is 2. The Hall–Kier alpha value is -3.14. The van der Waals surface area contributed by atoms with E-state index in [1.54, 1.807) is 6.07 Å². The number of rotatable bonds is 4. The third-order valence-electron chi connectivity index (χ3n) is 4.63. The van der Waals surface area contributed by atoms with Gasteiger partial charge in [0.2, 0.25) is 0 Å². The van der Waals surface area contributed by atoms with E-state index < -0.39 is 11.5 Å². The SMILES string of the molecule is Cc1cc(C)cc(C(c2cc(C)cc(C)c2)c2ccc(C(=O)O)c(=O)[nH]2)c1. The van der Waals surface area contributed by atoms with Crippen LogP contribution in [0, 0.1) is 27.7 Å². The van der Waals surface area contributed by atoms with E-state index in [4.69, 9.17) is 5.11 Å². The van der Waals surface area contributed by atoms with Crippen LogP contribution in [0.2, 0.25) is 0 Å². The number of aromatic nitrogens is 1. The Balaban J connectivity index is 2.26. The molecule has 0 aliphatic rings. The van der Waals surface area contributed by atoms with Crippen LogP contribution < -0.4 is 5.56 Å². The van der Waals surface area contributed by atoms with E-state index >= 15 is 0 Å². The van der Waals surface area contributed by atoms with Crippen LogP contribution in [0.3, 0.4) is 0 Å². The summed E-state index contributed by atoms with van der Waals surface area (Å²) in [5.41, 5.74) is 6.55. The molecule has 27 heavy (non-hydrogen) atoms. The van der Waals surface area contributed by atoms with Gasteiger partial charge >= 0.3 is 5.97 Å². The highest BCUT2D eigenvalue weighted by Gasteiger charge is 2.20. The summed E-state index contributed by atoms with van der Waals surface area (Å²) in [6.45, 7) is 8.19. The number of carboxylic acid groups (broad SMARTS) is 1. The number of hydrogen-bond acceptors (Lipinski definition) is 2. The third-order valence-corrected chi connectivity index (χ3v) is 4.63. The maximum absolute atomic E-state index is 12.3. The first-order valence-corrected chi connectivity index (χ1v) is 8.87. The Morgan fingerprint density at radius 3 is 1.63 bits per heavy atom. The highest BCUT2D eigenvalue weighted by atomic mass is 16.4. The number of H-pyrrole nitrogens is 1. The fourth-order valence-corrected chi connectivity index (χ4v) is 3.73. The van der Waals surface area contributed by atoms with Gasteiger partial charge in [-0.3, -0.25) is 4.79 Å². The number of aromatic amines is 1. The molecule has 0 fully saturated rings. The van der Waals surface area contributed by atoms with Crippen LogP contribution in [0.4, 0.5) is 0 Å². The standard InChI is InChI=1S/C23H23NO3/c1-13-7-14(2)10-17(9-13)21(18-11-15(3)8-16(4)12-18)20-6-5-19(23(26)27)22(25)24-20/h5-12,21H,1-4H3,(H,24,25)(H,26,27). The van der Waals surface area contributed by atoms with E-state index in [-0.39, 0.29) is 11.5 Å². The average molecular weight is 361 g/mol. The number of aromatic carboxylic acids is 1. The Morgan fingerprint density at radius 2 is 1.26 bits per heavy atom. The monoisotopic (exact) mass is 361 g/mol. The number of benzene rings is 2. The second kappa shape index (κ2) is 7.23. The largest absolute Gasteiger partial charge is 0.477 e. The molecule has 4 heteroatoms. The van der Waals surface area contributed by atoms with Crippen LogP contribution in [0.15, 0.2) is 53.3 Å². The van der Waals surface area contributed by atoms with Gasteiger partial charge in [-0.15, -0.1) is 0 Å². The number of carboxylic acids is 1. The molecule has 2 aromatic carbocycles. The predicted molar refractivity (Wildman–Crippen MR) is 107 cm³/mol. The van der Waals surface area contributed by atoms with Crippen LogP contribution in [0.1, 0.15) is 55.4 Å². The summed E-state index contributed by atoms with van der Waals surface area (Å²) in [4.78, 5) is 26.3. The van der Waals surface area contributed by atoms with Crippen molar-refractivity contribution < 1.29 is 9.90 Å². The van der Waals surface area contributed by atoms with Gasteiger partial charge < -0.3 is 10.1 Å². The number of aryl methyl sites for hydroxylation is 4. The topological polar surface area (TPSA) is 70.2 Å². The zero-order chi connectivity index (χ0) is 19.7. The lowest BCUT2D eigenvalue weighted by Gasteiger charge is -2.21. The van der Waals surface area contributed by atoms with Gasteiger partial charge in [-0.05, 0) is 51.0 Å². The van der Waals surface area contributed by atoms with E-state index in [1.165, 1.54) is 6.07 Å². The van der Waals surface area contributed by atoms with Crippen molar-refractivity contribution >= 4 is 5.97 Å². The van der Waals surface area contributed by atoms with Crippen LogP contribution in [0.5, 0.6) is 0 Å². The van der Waals surface area contributed by atoms with Gasteiger partial charge in [-0.25, -0.2) is 4.79 Å². The first-order chi connectivity index (χ1) is 12.7. The summed E-state index contributed by atoms with van der Waals surface area (Å²) in [5, 5.41) is 9.15. The fourth-order valence-electron chi connectivity index (χ4n) is 3.73. The molecule has 0 saturated carbocycles. The van der Waals surface area contributed by atoms with Crippen molar-refractivity contribution in [2.24, 2.45) is 0 Å². The van der Waals surface area contributed by atoms with E-state index in [0.717, 1.165) is 33.4 Å².